The van der Waals surface area contributed by atoms with Crippen molar-refractivity contribution in [3.8, 4) is 0 Å². The van der Waals surface area contributed by atoms with Gasteiger partial charge in [0, 0.05) is 20.1 Å². The second kappa shape index (κ2) is 5.58. The lowest BCUT2D eigenvalue weighted by molar-refractivity contribution is 0.287. The Morgan fingerprint density at radius 3 is 2.54 bits per heavy atom. The van der Waals surface area contributed by atoms with Crippen LogP contribution in [0.15, 0.2) is 19.0 Å². The molecule has 2 bridgehead atoms. The maximum atomic E-state index is 14.6. The predicted octanol–water partition coefficient (Wildman–Crippen LogP) is 1.32. The van der Waals surface area contributed by atoms with Crippen LogP contribution in [0.1, 0.15) is 19.0 Å². The van der Waals surface area contributed by atoms with E-state index in [0.29, 0.717) is 31.0 Å². The van der Waals surface area contributed by atoms with Gasteiger partial charge in [-0.2, -0.15) is 0 Å². The van der Waals surface area contributed by atoms with Crippen LogP contribution in [0.4, 0.5) is 16.0 Å². The quantitative estimate of drug-likeness (QED) is 0.702. The summed E-state index contributed by atoms with van der Waals surface area (Å²) in [5, 5.41) is 0. The predicted molar refractivity (Wildman–Crippen MR) is 94.6 cm³/mol. The highest BCUT2D eigenvalue weighted by Crippen LogP contribution is 2.39. The van der Waals surface area contributed by atoms with Gasteiger partial charge in [-0.15, -0.1) is 0 Å². The highest BCUT2D eigenvalue weighted by Gasteiger charge is 2.47. The summed E-state index contributed by atoms with van der Waals surface area (Å²) in [4.78, 5) is 25.8. The molecule has 134 valence electrons. The van der Waals surface area contributed by atoms with Gasteiger partial charge >= 0.3 is 0 Å². The second-order valence-electron chi connectivity index (χ2n) is 6.89. The first kappa shape index (κ1) is 15.4. The first-order valence-electron chi connectivity index (χ1n) is 8.82. The van der Waals surface area contributed by atoms with Crippen LogP contribution in [-0.4, -0.2) is 54.7 Å². The standard InChI is InChI=1S/C17H19FN8/c1-3-12-13(18)15(20-7-19-12)25-5-10-4-11(6-25)26(10)17-14-16(21-8-22-17)24(2)9-23-14/h7-11H,3-6H2,1-2H3. The van der Waals surface area contributed by atoms with Gasteiger partial charge in [0.1, 0.15) is 12.7 Å². The Morgan fingerprint density at radius 2 is 1.77 bits per heavy atom. The average molecular weight is 354 g/mol. The molecule has 0 saturated carbocycles. The van der Waals surface area contributed by atoms with Crippen LogP contribution in [0.25, 0.3) is 11.2 Å². The summed E-state index contributed by atoms with van der Waals surface area (Å²) >= 11 is 0. The van der Waals surface area contributed by atoms with E-state index in [9.17, 15) is 4.39 Å². The van der Waals surface area contributed by atoms with Crippen molar-refractivity contribution in [2.75, 3.05) is 22.9 Å². The number of anilines is 2. The van der Waals surface area contributed by atoms with Crippen molar-refractivity contribution >= 4 is 22.8 Å². The van der Waals surface area contributed by atoms with Crippen LogP contribution in [0.3, 0.4) is 0 Å². The summed E-state index contributed by atoms with van der Waals surface area (Å²) in [6.07, 6.45) is 6.43. The van der Waals surface area contributed by atoms with Gasteiger partial charge in [-0.3, -0.25) is 0 Å². The minimum absolute atomic E-state index is 0.272. The van der Waals surface area contributed by atoms with E-state index in [0.717, 1.165) is 23.4 Å². The van der Waals surface area contributed by atoms with Crippen LogP contribution in [0, 0.1) is 5.82 Å². The van der Waals surface area contributed by atoms with Crippen molar-refractivity contribution in [3.05, 3.63) is 30.5 Å². The minimum Gasteiger partial charge on any atom is -0.350 e. The van der Waals surface area contributed by atoms with E-state index in [1.807, 2.05) is 23.4 Å². The molecule has 26 heavy (non-hydrogen) atoms. The monoisotopic (exact) mass is 354 g/mol. The maximum Gasteiger partial charge on any atom is 0.187 e. The van der Waals surface area contributed by atoms with E-state index >= 15 is 0 Å². The lowest BCUT2D eigenvalue weighted by Crippen LogP contribution is -2.69. The van der Waals surface area contributed by atoms with Crippen LogP contribution in [0.5, 0.6) is 0 Å². The molecule has 0 aliphatic carbocycles. The number of piperazine rings is 1. The number of piperidine rings is 1. The smallest absolute Gasteiger partial charge is 0.187 e. The summed E-state index contributed by atoms with van der Waals surface area (Å²) < 4.78 is 16.5. The zero-order valence-corrected chi connectivity index (χ0v) is 14.7. The fourth-order valence-corrected chi connectivity index (χ4v) is 4.11. The Balaban J connectivity index is 1.44. The van der Waals surface area contributed by atoms with Crippen molar-refractivity contribution in [2.24, 2.45) is 7.05 Å². The molecule has 0 N–H and O–H groups in total. The second-order valence-corrected chi connectivity index (χ2v) is 6.89. The third-order valence-corrected chi connectivity index (χ3v) is 5.39. The SMILES string of the molecule is CCc1ncnc(N2CC3CC(C2)N3c2ncnc3c2ncn3C)c1F. The zero-order valence-electron chi connectivity index (χ0n) is 14.7. The van der Waals surface area contributed by atoms with E-state index in [-0.39, 0.29) is 17.9 Å². The number of hydrogen-bond donors (Lipinski definition) is 0. The van der Waals surface area contributed by atoms with Gasteiger partial charge in [0.2, 0.25) is 0 Å². The molecule has 3 aromatic heterocycles. The number of aryl methyl sites for hydroxylation is 2. The number of fused-ring (bicyclic) bond motifs is 3. The third-order valence-electron chi connectivity index (χ3n) is 5.39. The molecule has 6 rings (SSSR count). The van der Waals surface area contributed by atoms with E-state index in [2.05, 4.69) is 29.8 Å². The van der Waals surface area contributed by atoms with E-state index in [4.69, 9.17) is 0 Å². The fourth-order valence-electron chi connectivity index (χ4n) is 4.11. The molecule has 0 spiro atoms. The molecule has 0 amide bonds. The van der Waals surface area contributed by atoms with Gasteiger partial charge in [0.05, 0.1) is 24.1 Å². The average Bonchev–Trinajstić information content (AvgIpc) is 3.04. The first-order valence-corrected chi connectivity index (χ1v) is 8.82. The molecule has 9 heteroatoms. The summed E-state index contributed by atoms with van der Waals surface area (Å²) in [7, 11) is 1.92. The number of nitrogens with zero attached hydrogens (tertiary/aromatic N) is 8. The molecule has 8 nitrogen and oxygen atoms in total. The molecule has 3 fully saturated rings. The Morgan fingerprint density at radius 1 is 1.04 bits per heavy atom. The van der Waals surface area contributed by atoms with Crippen LogP contribution in [-0.2, 0) is 13.5 Å². The third kappa shape index (κ3) is 2.09. The molecule has 3 aromatic rings. The van der Waals surface area contributed by atoms with E-state index < -0.39 is 0 Å². The Kier molecular flexibility index (Phi) is 3.31. The molecule has 3 aliphatic rings. The zero-order chi connectivity index (χ0) is 17.8. The van der Waals surface area contributed by atoms with Crippen molar-refractivity contribution in [2.45, 2.75) is 31.8 Å². The molecular formula is C17H19FN8. The van der Waals surface area contributed by atoms with Gasteiger partial charge in [0.15, 0.2) is 28.6 Å². The van der Waals surface area contributed by atoms with Gasteiger partial charge in [-0.1, -0.05) is 6.92 Å². The number of halogens is 1. The fraction of sp³-hybridized carbons (Fsp3) is 0.471. The molecule has 2 atom stereocenters. The van der Waals surface area contributed by atoms with Gasteiger partial charge in [-0.05, 0) is 12.8 Å². The highest BCUT2D eigenvalue weighted by atomic mass is 19.1. The lowest BCUT2D eigenvalue weighted by Gasteiger charge is -2.57. The number of hydrogen-bond acceptors (Lipinski definition) is 7. The molecule has 0 aromatic carbocycles. The summed E-state index contributed by atoms with van der Waals surface area (Å²) in [6, 6.07) is 0.543. The summed E-state index contributed by atoms with van der Waals surface area (Å²) in [5.41, 5.74) is 2.11. The van der Waals surface area contributed by atoms with Crippen molar-refractivity contribution < 1.29 is 4.39 Å². The summed E-state index contributed by atoms with van der Waals surface area (Å²) in [5.74, 6) is 0.989. The van der Waals surface area contributed by atoms with Crippen molar-refractivity contribution in [3.63, 3.8) is 0 Å². The topological polar surface area (TPSA) is 75.9 Å². The largest absolute Gasteiger partial charge is 0.350 e. The van der Waals surface area contributed by atoms with Gasteiger partial charge < -0.3 is 14.4 Å². The van der Waals surface area contributed by atoms with Crippen LogP contribution < -0.4 is 9.80 Å². The first-order chi connectivity index (χ1) is 12.7. The van der Waals surface area contributed by atoms with E-state index in [1.165, 1.54) is 6.33 Å². The number of imidazole rings is 1. The van der Waals surface area contributed by atoms with E-state index in [1.54, 1.807) is 12.7 Å². The molecular weight excluding hydrogens is 335 g/mol. The van der Waals surface area contributed by atoms with Crippen LogP contribution >= 0.6 is 0 Å². The molecule has 0 radical (unpaired) electrons. The number of rotatable bonds is 3. The van der Waals surface area contributed by atoms with Crippen molar-refractivity contribution in [1.82, 2.24) is 29.5 Å². The molecule has 3 saturated heterocycles. The Hall–Kier alpha value is -2.84. The molecule has 3 aliphatic heterocycles. The maximum absolute atomic E-state index is 14.6. The highest BCUT2D eigenvalue weighted by molar-refractivity contribution is 5.84. The van der Waals surface area contributed by atoms with Crippen LogP contribution in [0.2, 0.25) is 0 Å². The van der Waals surface area contributed by atoms with Gasteiger partial charge in [-0.25, -0.2) is 29.3 Å². The minimum atomic E-state index is -0.294. The normalized spacial score (nSPS) is 22.0. The van der Waals surface area contributed by atoms with Crippen molar-refractivity contribution in [1.29, 1.82) is 0 Å². The lowest BCUT2D eigenvalue weighted by atomic mass is 9.87. The summed E-state index contributed by atoms with van der Waals surface area (Å²) in [6.45, 7) is 3.33. The Bertz CT molecular complexity index is 974. The van der Waals surface area contributed by atoms with Gasteiger partial charge in [0.25, 0.3) is 0 Å². The molecule has 6 heterocycles. The Labute approximate surface area is 149 Å². The number of aromatic nitrogens is 6. The molecule has 2 unspecified atom stereocenters.